The minimum Gasteiger partial charge on any atom is -0.477 e. The Morgan fingerprint density at radius 3 is 2.84 bits per heavy atom. The molecule has 102 valence electrons. The average Bonchev–Trinajstić information content (AvgIpc) is 2.39. The summed E-state index contributed by atoms with van der Waals surface area (Å²) >= 11 is 0. The van der Waals surface area contributed by atoms with Crippen LogP contribution >= 0.6 is 0 Å². The van der Waals surface area contributed by atoms with Crippen LogP contribution in [0.1, 0.15) is 6.92 Å². The molecule has 0 aliphatic heterocycles. The fourth-order valence-corrected chi connectivity index (χ4v) is 2.01. The summed E-state index contributed by atoms with van der Waals surface area (Å²) in [4.78, 5) is 6.48. The molecule has 1 aromatic heterocycles. The molecular weight excluding hydrogens is 238 g/mol. The second-order valence-corrected chi connectivity index (χ2v) is 4.68. The largest absolute Gasteiger partial charge is 0.477 e. The summed E-state index contributed by atoms with van der Waals surface area (Å²) in [5.41, 5.74) is 1.08. The second-order valence-electron chi connectivity index (χ2n) is 4.68. The van der Waals surface area contributed by atoms with Crippen molar-refractivity contribution in [3.63, 3.8) is 0 Å². The van der Waals surface area contributed by atoms with Crippen LogP contribution in [-0.4, -0.2) is 43.7 Å². The Kier molecular flexibility index (Phi) is 4.58. The summed E-state index contributed by atoms with van der Waals surface area (Å²) in [6, 6.07) is 8.21. The van der Waals surface area contributed by atoms with E-state index >= 15 is 0 Å². The van der Waals surface area contributed by atoms with Crippen molar-refractivity contribution in [2.24, 2.45) is 0 Å². The van der Waals surface area contributed by atoms with E-state index in [-0.39, 0.29) is 0 Å². The van der Waals surface area contributed by atoms with Gasteiger partial charge in [0.05, 0.1) is 12.0 Å². The van der Waals surface area contributed by atoms with Crippen LogP contribution in [0.25, 0.3) is 10.8 Å². The predicted molar refractivity (Wildman–Crippen MR) is 80.0 cm³/mol. The molecule has 0 bridgehead atoms. The van der Waals surface area contributed by atoms with Crippen LogP contribution in [0.5, 0.6) is 5.88 Å². The molecule has 1 heterocycles. The van der Waals surface area contributed by atoms with Gasteiger partial charge in [-0.2, -0.15) is 0 Å². The first kappa shape index (κ1) is 13.6. The molecule has 0 aliphatic carbocycles. The van der Waals surface area contributed by atoms with Gasteiger partial charge in [-0.1, -0.05) is 12.1 Å². The molecule has 0 atom stereocenters. The number of ether oxygens (including phenoxy) is 1. The number of fused-ring (bicyclic) bond motifs is 1. The fourth-order valence-electron chi connectivity index (χ4n) is 2.01. The maximum atomic E-state index is 5.63. The summed E-state index contributed by atoms with van der Waals surface area (Å²) < 4.78 is 5.63. The number of nitrogens with zero attached hydrogens (tertiary/aromatic N) is 2. The van der Waals surface area contributed by atoms with Gasteiger partial charge in [-0.25, -0.2) is 4.98 Å². The van der Waals surface area contributed by atoms with Crippen LogP contribution < -0.4 is 10.1 Å². The van der Waals surface area contributed by atoms with Crippen molar-refractivity contribution < 1.29 is 4.74 Å². The zero-order valence-electron chi connectivity index (χ0n) is 11.8. The molecule has 19 heavy (non-hydrogen) atoms. The number of pyridine rings is 1. The molecule has 0 radical (unpaired) electrons. The van der Waals surface area contributed by atoms with Gasteiger partial charge in [-0.15, -0.1) is 0 Å². The highest BCUT2D eigenvalue weighted by molar-refractivity contribution is 5.97. The Morgan fingerprint density at radius 1 is 1.26 bits per heavy atom. The lowest BCUT2D eigenvalue weighted by molar-refractivity contribution is 0.331. The molecular formula is C15H21N3O. The topological polar surface area (TPSA) is 37.4 Å². The number of anilines is 1. The average molecular weight is 259 g/mol. The molecule has 2 rings (SSSR count). The molecule has 0 aliphatic rings. The van der Waals surface area contributed by atoms with Crippen LogP contribution in [0.2, 0.25) is 0 Å². The van der Waals surface area contributed by atoms with Crippen LogP contribution in [0.15, 0.2) is 30.5 Å². The van der Waals surface area contributed by atoms with Gasteiger partial charge in [0.1, 0.15) is 0 Å². The molecule has 0 unspecified atom stereocenters. The number of aromatic nitrogens is 1. The van der Waals surface area contributed by atoms with Gasteiger partial charge in [-0.3, -0.25) is 0 Å². The minimum atomic E-state index is 0.623. The molecule has 0 amide bonds. The lowest BCUT2D eigenvalue weighted by Crippen LogP contribution is -2.20. The number of hydrogen-bond acceptors (Lipinski definition) is 4. The van der Waals surface area contributed by atoms with Crippen molar-refractivity contribution in [1.82, 2.24) is 9.88 Å². The van der Waals surface area contributed by atoms with Crippen molar-refractivity contribution in [2.45, 2.75) is 6.92 Å². The Balaban J connectivity index is 2.31. The zero-order valence-corrected chi connectivity index (χ0v) is 11.8. The number of hydrogen-bond donors (Lipinski definition) is 1. The summed E-state index contributed by atoms with van der Waals surface area (Å²) in [6.07, 6.45) is 1.79. The Labute approximate surface area is 114 Å². The van der Waals surface area contributed by atoms with Crippen LogP contribution in [-0.2, 0) is 0 Å². The first-order valence-electron chi connectivity index (χ1n) is 6.61. The number of benzene rings is 1. The Bertz CT molecular complexity index is 535. The number of likely N-dealkylation sites (N-methyl/N-ethyl adjacent to an activating group) is 1. The highest BCUT2D eigenvalue weighted by atomic mass is 16.5. The maximum absolute atomic E-state index is 5.63. The zero-order chi connectivity index (χ0) is 13.7. The summed E-state index contributed by atoms with van der Waals surface area (Å²) in [7, 11) is 4.13. The third kappa shape index (κ3) is 3.35. The van der Waals surface area contributed by atoms with Gasteiger partial charge in [0.2, 0.25) is 5.88 Å². The van der Waals surface area contributed by atoms with Crippen molar-refractivity contribution in [3.05, 3.63) is 30.5 Å². The van der Waals surface area contributed by atoms with E-state index in [9.17, 15) is 0 Å². The molecule has 4 heteroatoms. The van der Waals surface area contributed by atoms with Gasteiger partial charge in [0.15, 0.2) is 0 Å². The molecule has 0 fully saturated rings. The summed E-state index contributed by atoms with van der Waals surface area (Å²) in [5, 5.41) is 5.66. The number of rotatable bonds is 6. The summed E-state index contributed by atoms with van der Waals surface area (Å²) in [6.45, 7) is 4.48. The van der Waals surface area contributed by atoms with E-state index in [1.54, 1.807) is 6.20 Å². The van der Waals surface area contributed by atoms with Crippen molar-refractivity contribution >= 4 is 16.5 Å². The van der Waals surface area contributed by atoms with Crippen molar-refractivity contribution in [3.8, 4) is 5.88 Å². The molecule has 2 aromatic rings. The molecule has 0 spiro atoms. The smallest absolute Gasteiger partial charge is 0.223 e. The van der Waals surface area contributed by atoms with E-state index in [0.717, 1.165) is 29.5 Å². The van der Waals surface area contributed by atoms with Crippen LogP contribution in [0, 0.1) is 0 Å². The molecule has 1 aromatic carbocycles. The number of nitrogens with one attached hydrogen (secondary N) is 1. The predicted octanol–water partition coefficient (Wildman–Crippen LogP) is 2.61. The SMILES string of the molecule is CCOc1nccc2cccc(NCCN(C)C)c12. The fraction of sp³-hybridized carbons (Fsp3) is 0.400. The Morgan fingerprint density at radius 2 is 2.11 bits per heavy atom. The quantitative estimate of drug-likeness (QED) is 0.865. The van der Waals surface area contributed by atoms with Gasteiger partial charge < -0.3 is 15.0 Å². The van der Waals surface area contributed by atoms with E-state index in [2.05, 4.69) is 47.5 Å². The first-order chi connectivity index (χ1) is 9.22. The molecule has 0 saturated heterocycles. The van der Waals surface area contributed by atoms with E-state index in [1.807, 2.05) is 13.0 Å². The summed E-state index contributed by atoms with van der Waals surface area (Å²) in [5.74, 6) is 0.702. The van der Waals surface area contributed by atoms with E-state index in [1.165, 1.54) is 0 Å². The minimum absolute atomic E-state index is 0.623. The van der Waals surface area contributed by atoms with E-state index < -0.39 is 0 Å². The first-order valence-corrected chi connectivity index (χ1v) is 6.61. The standard InChI is InChI=1S/C15H21N3O/c1-4-19-15-14-12(8-9-17-15)6-5-7-13(14)16-10-11-18(2)3/h5-9,16H,4,10-11H2,1-3H3. The normalized spacial score (nSPS) is 10.9. The highest BCUT2D eigenvalue weighted by Gasteiger charge is 2.08. The van der Waals surface area contributed by atoms with Crippen molar-refractivity contribution in [1.29, 1.82) is 0 Å². The van der Waals surface area contributed by atoms with Crippen LogP contribution in [0.3, 0.4) is 0 Å². The maximum Gasteiger partial charge on any atom is 0.223 e. The van der Waals surface area contributed by atoms with Crippen molar-refractivity contribution in [2.75, 3.05) is 39.1 Å². The highest BCUT2D eigenvalue weighted by Crippen LogP contribution is 2.30. The molecule has 4 nitrogen and oxygen atoms in total. The monoisotopic (exact) mass is 259 g/mol. The van der Waals surface area contributed by atoms with Crippen LogP contribution in [0.4, 0.5) is 5.69 Å². The molecule has 1 N–H and O–H groups in total. The third-order valence-electron chi connectivity index (χ3n) is 2.91. The van der Waals surface area contributed by atoms with Gasteiger partial charge in [0, 0.05) is 25.0 Å². The lowest BCUT2D eigenvalue weighted by atomic mass is 10.1. The second kappa shape index (κ2) is 6.38. The van der Waals surface area contributed by atoms with E-state index in [0.29, 0.717) is 12.5 Å². The third-order valence-corrected chi connectivity index (χ3v) is 2.91. The van der Waals surface area contributed by atoms with Gasteiger partial charge in [0.25, 0.3) is 0 Å². The van der Waals surface area contributed by atoms with Gasteiger partial charge >= 0.3 is 0 Å². The lowest BCUT2D eigenvalue weighted by Gasteiger charge is -2.14. The molecule has 0 saturated carbocycles. The Hall–Kier alpha value is -1.81. The van der Waals surface area contributed by atoms with E-state index in [4.69, 9.17) is 4.74 Å². The van der Waals surface area contributed by atoms with Gasteiger partial charge in [-0.05, 0) is 38.5 Å².